The van der Waals surface area contributed by atoms with Gasteiger partial charge in [0.25, 0.3) is 5.91 Å². The second kappa shape index (κ2) is 4.77. The second-order valence-electron chi connectivity index (χ2n) is 3.76. The number of rotatable bonds is 3. The molecule has 0 aliphatic heterocycles. The van der Waals surface area contributed by atoms with Crippen molar-refractivity contribution in [3.63, 3.8) is 0 Å². The fourth-order valence-corrected chi connectivity index (χ4v) is 1.47. The third kappa shape index (κ3) is 2.51. The van der Waals surface area contributed by atoms with Crippen molar-refractivity contribution >= 4 is 23.5 Å². The van der Waals surface area contributed by atoms with Gasteiger partial charge in [0.2, 0.25) is 11.8 Å². The van der Waals surface area contributed by atoms with Crippen molar-refractivity contribution in [1.29, 1.82) is 0 Å². The van der Waals surface area contributed by atoms with E-state index in [1.54, 1.807) is 0 Å². The highest BCUT2D eigenvalue weighted by atomic mass is 16.4. The molecule has 1 amide bonds. The molecule has 4 N–H and O–H groups in total. The van der Waals surface area contributed by atoms with E-state index in [0.717, 1.165) is 0 Å². The van der Waals surface area contributed by atoms with Gasteiger partial charge in [-0.15, -0.1) is 5.10 Å². The lowest BCUT2D eigenvalue weighted by Gasteiger charge is -2.15. The first-order valence-corrected chi connectivity index (χ1v) is 5.28. The van der Waals surface area contributed by atoms with Crippen LogP contribution in [0, 0.1) is 0 Å². The summed E-state index contributed by atoms with van der Waals surface area (Å²) in [6.45, 7) is 0. The number of nitrogen functional groups attached to an aromatic ring is 1. The Balaban J connectivity index is 2.21. The Hall–Kier alpha value is -2.90. The highest BCUT2D eigenvalue weighted by Gasteiger charge is 2.17. The topological polar surface area (TPSA) is 125 Å². The zero-order valence-electron chi connectivity index (χ0n) is 9.99. The van der Waals surface area contributed by atoms with Gasteiger partial charge in [0.15, 0.2) is 0 Å². The van der Waals surface area contributed by atoms with Crippen molar-refractivity contribution in [3.8, 4) is 0 Å². The summed E-state index contributed by atoms with van der Waals surface area (Å²) in [7, 11) is 1.54. The highest BCUT2D eigenvalue weighted by molar-refractivity contribution is 6.03. The second-order valence-corrected chi connectivity index (χ2v) is 3.76. The molecule has 0 fully saturated rings. The van der Waals surface area contributed by atoms with Gasteiger partial charge in [0, 0.05) is 12.7 Å². The molecule has 1 heterocycles. The van der Waals surface area contributed by atoms with Gasteiger partial charge in [-0.05, 0) is 24.3 Å². The Morgan fingerprint density at radius 1 is 1.32 bits per heavy atom. The smallest absolute Gasteiger partial charge is 0.335 e. The molecule has 1 aromatic heterocycles. The molecular weight excluding hydrogens is 250 g/mol. The Morgan fingerprint density at radius 2 is 1.95 bits per heavy atom. The number of nitrogens with zero attached hydrogens (tertiary/aromatic N) is 3. The summed E-state index contributed by atoms with van der Waals surface area (Å²) in [5.41, 5.74) is 6.00. The molecule has 0 spiro atoms. The first kappa shape index (κ1) is 12.6. The lowest BCUT2D eigenvalue weighted by atomic mass is 10.2. The number of carbonyl (C=O) groups is 2. The van der Waals surface area contributed by atoms with Gasteiger partial charge >= 0.3 is 5.97 Å². The lowest BCUT2D eigenvalue weighted by molar-refractivity contribution is 0.0696. The number of anilines is 2. The van der Waals surface area contributed by atoms with Gasteiger partial charge in [-0.3, -0.25) is 9.89 Å². The monoisotopic (exact) mass is 261 g/mol. The van der Waals surface area contributed by atoms with Gasteiger partial charge in [-0.2, -0.15) is 4.98 Å². The van der Waals surface area contributed by atoms with Crippen LogP contribution in [0.2, 0.25) is 0 Å². The number of nitrogens with one attached hydrogen (secondary N) is 1. The molecule has 1 aromatic carbocycles. The minimum absolute atomic E-state index is 0.0158. The molecule has 0 saturated carbocycles. The van der Waals surface area contributed by atoms with Crippen LogP contribution in [0.3, 0.4) is 0 Å². The number of carboxylic acid groups (broad SMARTS) is 1. The normalized spacial score (nSPS) is 10.2. The van der Waals surface area contributed by atoms with E-state index in [1.165, 1.54) is 36.2 Å². The average Bonchev–Trinajstić information content (AvgIpc) is 2.84. The highest BCUT2D eigenvalue weighted by Crippen LogP contribution is 2.15. The molecule has 19 heavy (non-hydrogen) atoms. The van der Waals surface area contributed by atoms with Crippen LogP contribution in [0.5, 0.6) is 0 Å². The predicted octanol–water partition coefficient (Wildman–Crippen LogP) is 0.362. The first-order chi connectivity index (χ1) is 8.99. The standard InChI is InChI=1S/C11H11N5O3/c1-16(9(17)8-13-11(12)15-14-8)7-4-2-6(3-5-7)10(18)19/h2-5H,1H3,(H,18,19)(H3,12,13,14,15). The van der Waals surface area contributed by atoms with Crippen LogP contribution in [0.15, 0.2) is 24.3 Å². The summed E-state index contributed by atoms with van der Waals surface area (Å²) in [5, 5.41) is 14.8. The fraction of sp³-hybridized carbons (Fsp3) is 0.0909. The van der Waals surface area contributed by atoms with Gasteiger partial charge in [-0.1, -0.05) is 0 Å². The molecule has 0 radical (unpaired) electrons. The zero-order valence-corrected chi connectivity index (χ0v) is 9.99. The summed E-state index contributed by atoms with van der Waals surface area (Å²) in [6.07, 6.45) is 0. The van der Waals surface area contributed by atoms with E-state index in [4.69, 9.17) is 10.8 Å². The Morgan fingerprint density at radius 3 is 2.42 bits per heavy atom. The van der Waals surface area contributed by atoms with Crippen LogP contribution < -0.4 is 10.6 Å². The predicted molar refractivity (Wildman–Crippen MR) is 66.9 cm³/mol. The van der Waals surface area contributed by atoms with Crippen LogP contribution >= 0.6 is 0 Å². The van der Waals surface area contributed by atoms with Crippen molar-refractivity contribution in [3.05, 3.63) is 35.7 Å². The lowest BCUT2D eigenvalue weighted by Crippen LogP contribution is -2.27. The maximum Gasteiger partial charge on any atom is 0.335 e. The van der Waals surface area contributed by atoms with E-state index in [9.17, 15) is 9.59 Å². The number of H-pyrrole nitrogens is 1. The summed E-state index contributed by atoms with van der Waals surface area (Å²) in [6, 6.07) is 5.88. The largest absolute Gasteiger partial charge is 0.478 e. The first-order valence-electron chi connectivity index (χ1n) is 5.28. The molecule has 0 bridgehead atoms. The molecule has 8 heteroatoms. The van der Waals surface area contributed by atoms with Crippen molar-refractivity contribution in [2.24, 2.45) is 0 Å². The van der Waals surface area contributed by atoms with Crippen LogP contribution in [0.4, 0.5) is 11.6 Å². The summed E-state index contributed by atoms with van der Waals surface area (Å²) in [5.74, 6) is -1.45. The van der Waals surface area contributed by atoms with Crippen LogP contribution in [0.25, 0.3) is 0 Å². The fourth-order valence-electron chi connectivity index (χ4n) is 1.47. The third-order valence-corrected chi connectivity index (χ3v) is 2.51. The minimum Gasteiger partial charge on any atom is -0.478 e. The van der Waals surface area contributed by atoms with Crippen molar-refractivity contribution in [2.75, 3.05) is 17.7 Å². The number of aromatic amines is 1. The molecule has 2 rings (SSSR count). The van der Waals surface area contributed by atoms with Crippen LogP contribution in [0.1, 0.15) is 21.0 Å². The minimum atomic E-state index is -1.02. The molecule has 0 saturated heterocycles. The van der Waals surface area contributed by atoms with Gasteiger partial charge in [0.05, 0.1) is 5.56 Å². The number of aromatic carboxylic acids is 1. The van der Waals surface area contributed by atoms with Crippen molar-refractivity contribution in [1.82, 2.24) is 15.2 Å². The molecule has 8 nitrogen and oxygen atoms in total. The quantitative estimate of drug-likeness (QED) is 0.732. The number of carboxylic acids is 1. The van der Waals surface area contributed by atoms with E-state index in [2.05, 4.69) is 15.2 Å². The van der Waals surface area contributed by atoms with Gasteiger partial charge in [0.1, 0.15) is 0 Å². The molecule has 98 valence electrons. The Kier molecular flexibility index (Phi) is 3.15. The van der Waals surface area contributed by atoms with E-state index >= 15 is 0 Å². The number of nitrogens with two attached hydrogens (primary N) is 1. The van der Waals surface area contributed by atoms with E-state index in [-0.39, 0.29) is 17.3 Å². The van der Waals surface area contributed by atoms with E-state index in [0.29, 0.717) is 5.69 Å². The third-order valence-electron chi connectivity index (χ3n) is 2.51. The molecule has 0 atom stereocenters. The Labute approximate surface area is 107 Å². The Bertz CT molecular complexity index is 620. The molecule has 0 aliphatic rings. The van der Waals surface area contributed by atoms with E-state index < -0.39 is 11.9 Å². The van der Waals surface area contributed by atoms with Crippen LogP contribution in [-0.2, 0) is 0 Å². The number of aromatic nitrogens is 3. The molecule has 0 aliphatic carbocycles. The summed E-state index contributed by atoms with van der Waals surface area (Å²) < 4.78 is 0. The maximum atomic E-state index is 12.0. The van der Waals surface area contributed by atoms with Gasteiger partial charge < -0.3 is 15.7 Å². The average molecular weight is 261 g/mol. The number of amides is 1. The number of hydrogen-bond donors (Lipinski definition) is 3. The molecule has 2 aromatic rings. The summed E-state index contributed by atoms with van der Waals surface area (Å²) in [4.78, 5) is 27.8. The summed E-state index contributed by atoms with van der Waals surface area (Å²) >= 11 is 0. The number of hydrogen-bond acceptors (Lipinski definition) is 5. The molecule has 0 unspecified atom stereocenters. The van der Waals surface area contributed by atoms with Crippen molar-refractivity contribution < 1.29 is 14.7 Å². The number of carbonyl (C=O) groups excluding carboxylic acids is 1. The maximum absolute atomic E-state index is 12.0. The molecular formula is C11H11N5O3. The SMILES string of the molecule is CN(C(=O)c1nc(N)n[nH]1)c1ccc(C(=O)O)cc1. The van der Waals surface area contributed by atoms with E-state index in [1.807, 2.05) is 0 Å². The van der Waals surface area contributed by atoms with Crippen molar-refractivity contribution in [2.45, 2.75) is 0 Å². The van der Waals surface area contributed by atoms with Crippen LogP contribution in [-0.4, -0.2) is 39.2 Å². The zero-order chi connectivity index (χ0) is 14.0. The number of benzene rings is 1. The van der Waals surface area contributed by atoms with Gasteiger partial charge in [-0.25, -0.2) is 4.79 Å².